The number of nitrogens with zero attached hydrogens (tertiary/aromatic N) is 4. The van der Waals surface area contributed by atoms with Crippen molar-refractivity contribution >= 4 is 11.8 Å². The maximum atomic E-state index is 5.31. The van der Waals surface area contributed by atoms with Crippen LogP contribution in [0.15, 0.2) is 29.4 Å². The van der Waals surface area contributed by atoms with Gasteiger partial charge in [0, 0.05) is 18.8 Å². The molecule has 0 amide bonds. The molecule has 0 spiro atoms. The smallest absolute Gasteiger partial charge is 0.209 e. The highest BCUT2D eigenvalue weighted by molar-refractivity contribution is 7.99. The maximum absolute atomic E-state index is 5.31. The fraction of sp³-hybridized carbons (Fsp3) is 0.500. The van der Waals surface area contributed by atoms with Gasteiger partial charge in [-0.25, -0.2) is 4.68 Å². The number of benzene rings is 1. The number of hydrogen-bond acceptors (Lipinski definition) is 6. The van der Waals surface area contributed by atoms with E-state index in [1.165, 1.54) is 5.56 Å². The summed E-state index contributed by atoms with van der Waals surface area (Å²) in [4.78, 5) is 0. The summed E-state index contributed by atoms with van der Waals surface area (Å²) < 4.78 is 7.00. The van der Waals surface area contributed by atoms with Gasteiger partial charge in [-0.1, -0.05) is 30.8 Å². The zero-order valence-corrected chi connectivity index (χ0v) is 13.4. The lowest BCUT2D eigenvalue weighted by Gasteiger charge is -2.19. The molecular weight excluding hydrogens is 286 g/mol. The minimum atomic E-state index is 0.238. The van der Waals surface area contributed by atoms with Gasteiger partial charge in [0.05, 0.1) is 7.11 Å². The van der Waals surface area contributed by atoms with E-state index >= 15 is 0 Å². The van der Waals surface area contributed by atoms with Crippen molar-refractivity contribution in [3.8, 4) is 5.75 Å². The summed E-state index contributed by atoms with van der Waals surface area (Å²) in [7, 11) is 3.54. The first-order valence-corrected chi connectivity index (χ1v) is 7.95. The minimum Gasteiger partial charge on any atom is -0.497 e. The molecule has 21 heavy (non-hydrogen) atoms. The molecule has 7 heteroatoms. The quantitative estimate of drug-likeness (QED) is 0.753. The molecule has 1 atom stereocenters. The van der Waals surface area contributed by atoms with Gasteiger partial charge in [-0.2, -0.15) is 0 Å². The molecule has 1 aromatic carbocycles. The van der Waals surface area contributed by atoms with Crippen LogP contribution in [0.2, 0.25) is 0 Å². The molecule has 0 aliphatic carbocycles. The first-order chi connectivity index (χ1) is 10.2. The van der Waals surface area contributed by atoms with Crippen molar-refractivity contribution < 1.29 is 4.74 Å². The van der Waals surface area contributed by atoms with Crippen LogP contribution in [0.4, 0.5) is 0 Å². The summed E-state index contributed by atoms with van der Waals surface area (Å²) >= 11 is 1.64. The summed E-state index contributed by atoms with van der Waals surface area (Å²) in [5.41, 5.74) is 1.21. The van der Waals surface area contributed by atoms with E-state index in [0.717, 1.165) is 29.6 Å². The average molecular weight is 307 g/mol. The van der Waals surface area contributed by atoms with Crippen molar-refractivity contribution in [2.75, 3.05) is 19.4 Å². The fourth-order valence-electron chi connectivity index (χ4n) is 1.95. The number of methoxy groups -OCH3 is 1. The van der Waals surface area contributed by atoms with Gasteiger partial charge in [-0.05, 0) is 41.1 Å². The molecule has 0 fully saturated rings. The van der Waals surface area contributed by atoms with Gasteiger partial charge < -0.3 is 10.1 Å². The second-order valence-corrected chi connectivity index (χ2v) is 5.67. The van der Waals surface area contributed by atoms with E-state index in [-0.39, 0.29) is 6.04 Å². The predicted octanol–water partition coefficient (Wildman–Crippen LogP) is 2.05. The average Bonchev–Trinajstić information content (AvgIpc) is 2.93. The Labute approximate surface area is 129 Å². The van der Waals surface area contributed by atoms with Crippen LogP contribution in [0.3, 0.4) is 0 Å². The van der Waals surface area contributed by atoms with Gasteiger partial charge in [-0.15, -0.1) is 5.10 Å². The van der Waals surface area contributed by atoms with Crippen molar-refractivity contribution in [3.05, 3.63) is 29.8 Å². The van der Waals surface area contributed by atoms with Crippen LogP contribution in [0.25, 0.3) is 0 Å². The molecule has 1 heterocycles. The zero-order chi connectivity index (χ0) is 15.1. The van der Waals surface area contributed by atoms with Crippen LogP contribution in [-0.4, -0.2) is 39.6 Å². The minimum absolute atomic E-state index is 0.238. The number of hydrogen-bond donors (Lipinski definition) is 1. The number of aryl methyl sites for hydroxylation is 1. The summed E-state index contributed by atoms with van der Waals surface area (Å²) in [6.07, 6.45) is 1.09. The molecule has 2 rings (SSSR count). The molecule has 6 nitrogen and oxygen atoms in total. The molecule has 1 aromatic heterocycles. The zero-order valence-electron chi connectivity index (χ0n) is 12.6. The van der Waals surface area contributed by atoms with Gasteiger partial charge in [0.15, 0.2) is 0 Å². The normalized spacial score (nSPS) is 12.3. The number of ether oxygens (including phenoxy) is 1. The van der Waals surface area contributed by atoms with Crippen molar-refractivity contribution in [1.82, 2.24) is 25.5 Å². The first-order valence-electron chi connectivity index (χ1n) is 6.97. The van der Waals surface area contributed by atoms with Gasteiger partial charge in [0.2, 0.25) is 5.16 Å². The largest absolute Gasteiger partial charge is 0.497 e. The first kappa shape index (κ1) is 15.8. The molecule has 0 saturated carbocycles. The number of aromatic nitrogens is 4. The van der Waals surface area contributed by atoms with Crippen LogP contribution < -0.4 is 10.1 Å². The molecule has 1 unspecified atom stereocenters. The number of tetrazole rings is 1. The van der Waals surface area contributed by atoms with E-state index in [1.54, 1.807) is 23.6 Å². The Hall–Kier alpha value is -1.60. The topological polar surface area (TPSA) is 64.9 Å². The molecule has 114 valence electrons. The Morgan fingerprint density at radius 3 is 2.95 bits per heavy atom. The van der Waals surface area contributed by atoms with Crippen LogP contribution in [0.5, 0.6) is 5.75 Å². The highest BCUT2D eigenvalue weighted by Gasteiger charge is 2.14. The lowest BCUT2D eigenvalue weighted by Crippen LogP contribution is -2.24. The number of thioether (sulfide) groups is 1. The Morgan fingerprint density at radius 2 is 2.29 bits per heavy atom. The molecule has 0 radical (unpaired) electrons. The van der Waals surface area contributed by atoms with Gasteiger partial charge in [0.25, 0.3) is 0 Å². The van der Waals surface area contributed by atoms with Crippen molar-refractivity contribution in [2.24, 2.45) is 7.05 Å². The molecule has 0 aliphatic rings. The Bertz CT molecular complexity index is 560. The van der Waals surface area contributed by atoms with Gasteiger partial charge in [-0.3, -0.25) is 0 Å². The van der Waals surface area contributed by atoms with E-state index in [1.807, 2.05) is 19.2 Å². The predicted molar refractivity (Wildman–Crippen MR) is 83.6 cm³/mol. The number of rotatable bonds is 8. The van der Waals surface area contributed by atoms with E-state index in [2.05, 4.69) is 39.9 Å². The lowest BCUT2D eigenvalue weighted by atomic mass is 10.1. The van der Waals surface area contributed by atoms with Crippen molar-refractivity contribution in [1.29, 1.82) is 0 Å². The summed E-state index contributed by atoms with van der Waals surface area (Å²) in [5.74, 6) is 1.74. The summed E-state index contributed by atoms with van der Waals surface area (Å²) in [5, 5.41) is 15.9. The van der Waals surface area contributed by atoms with Crippen LogP contribution >= 0.6 is 11.8 Å². The van der Waals surface area contributed by atoms with E-state index in [4.69, 9.17) is 4.74 Å². The molecule has 0 saturated heterocycles. The van der Waals surface area contributed by atoms with E-state index in [0.29, 0.717) is 0 Å². The van der Waals surface area contributed by atoms with Gasteiger partial charge in [0.1, 0.15) is 5.75 Å². The monoisotopic (exact) mass is 307 g/mol. The Kier molecular flexibility index (Phi) is 6.01. The second-order valence-electron chi connectivity index (χ2n) is 4.68. The third-order valence-electron chi connectivity index (χ3n) is 3.10. The van der Waals surface area contributed by atoms with E-state index < -0.39 is 0 Å². The molecule has 0 aliphatic heterocycles. The third kappa shape index (κ3) is 4.44. The second kappa shape index (κ2) is 7.99. The van der Waals surface area contributed by atoms with Gasteiger partial charge >= 0.3 is 0 Å². The molecular formula is C14H21N5OS. The van der Waals surface area contributed by atoms with Crippen LogP contribution in [-0.2, 0) is 7.05 Å². The lowest BCUT2D eigenvalue weighted by molar-refractivity contribution is 0.413. The van der Waals surface area contributed by atoms with Crippen molar-refractivity contribution in [3.63, 3.8) is 0 Å². The van der Waals surface area contributed by atoms with Crippen molar-refractivity contribution in [2.45, 2.75) is 24.5 Å². The molecule has 0 bridgehead atoms. The highest BCUT2D eigenvalue weighted by atomic mass is 32.2. The standard InChI is InChI=1S/C14H21N5OS/c1-4-8-15-13(10-21-14-16-17-18-19(14)2)11-6-5-7-12(9-11)20-3/h5-7,9,13,15H,4,8,10H2,1-3H3. The molecule has 1 N–H and O–H groups in total. The number of nitrogens with one attached hydrogen (secondary N) is 1. The SMILES string of the molecule is CCCNC(CSc1nnnn1C)c1cccc(OC)c1. The Morgan fingerprint density at radius 1 is 1.43 bits per heavy atom. The van der Waals surface area contributed by atoms with E-state index in [9.17, 15) is 0 Å². The summed E-state index contributed by atoms with van der Waals surface area (Å²) in [6, 6.07) is 8.40. The maximum Gasteiger partial charge on any atom is 0.209 e. The van der Waals surface area contributed by atoms with Crippen LogP contribution in [0, 0.1) is 0 Å². The highest BCUT2D eigenvalue weighted by Crippen LogP contribution is 2.25. The van der Waals surface area contributed by atoms with Crippen LogP contribution in [0.1, 0.15) is 24.9 Å². The third-order valence-corrected chi connectivity index (χ3v) is 4.20. The summed E-state index contributed by atoms with van der Waals surface area (Å²) in [6.45, 7) is 3.13. The Balaban J connectivity index is 2.07. The molecule has 2 aromatic rings. The fourth-order valence-corrected chi connectivity index (χ4v) is 2.89.